The minimum atomic E-state index is -1.27. The molecule has 0 fully saturated rings. The molecule has 2 amide bonds. The Kier molecular flexibility index (Phi) is 19.8. The van der Waals surface area contributed by atoms with Crippen LogP contribution in [-0.4, -0.2) is 135 Å². The molecule has 3 aromatic rings. The predicted molar refractivity (Wildman–Crippen MR) is 191 cm³/mol. The van der Waals surface area contributed by atoms with E-state index in [1.54, 1.807) is 12.1 Å². The zero-order chi connectivity index (χ0) is 38.1. The quantitative estimate of drug-likeness (QED) is 0.0413. The first-order valence-corrected chi connectivity index (χ1v) is 16.8. The fraction of sp³-hybridized carbons (Fsp3) is 0.500. The van der Waals surface area contributed by atoms with Gasteiger partial charge in [0, 0.05) is 24.2 Å². The second-order valence-electron chi connectivity index (χ2n) is 11.0. The van der Waals surface area contributed by atoms with Gasteiger partial charge in [0.05, 0.1) is 91.1 Å². The summed E-state index contributed by atoms with van der Waals surface area (Å²) in [7, 11) is 0. The molecule has 1 atom stereocenters. The molecule has 1 unspecified atom stereocenters. The van der Waals surface area contributed by atoms with Gasteiger partial charge in [0.2, 0.25) is 11.9 Å². The third-order valence-electron chi connectivity index (χ3n) is 6.98. The van der Waals surface area contributed by atoms with E-state index in [-0.39, 0.29) is 67.7 Å². The van der Waals surface area contributed by atoms with Gasteiger partial charge in [-0.3, -0.25) is 19.4 Å². The minimum Gasteiger partial charge on any atom is -0.480 e. The molecular formula is C34H46N8O11. The average Bonchev–Trinajstić information content (AvgIpc) is 3.14. The maximum Gasteiger partial charge on any atom is 0.326 e. The van der Waals surface area contributed by atoms with E-state index in [0.29, 0.717) is 77.5 Å². The number of fused-ring (bicyclic) bond motifs is 1. The van der Waals surface area contributed by atoms with Crippen molar-refractivity contribution in [3.8, 4) is 12.3 Å². The molecule has 0 aliphatic rings. The van der Waals surface area contributed by atoms with Crippen molar-refractivity contribution in [1.29, 1.82) is 0 Å². The van der Waals surface area contributed by atoms with Gasteiger partial charge in [-0.2, -0.15) is 4.98 Å². The van der Waals surface area contributed by atoms with Crippen molar-refractivity contribution < 1.29 is 47.9 Å². The van der Waals surface area contributed by atoms with Gasteiger partial charge in [0.15, 0.2) is 11.2 Å². The SMILES string of the molecule is C#CCOCCOCCOCCOCCOCCOCCNC(=O)CCC(NC(=O)c1ccc(NCc2cnc3nc(N)[nH]c(=O)c3n2)cc1)C(=O)O. The van der Waals surface area contributed by atoms with Crippen LogP contribution < -0.4 is 27.2 Å². The number of anilines is 2. The molecule has 0 bridgehead atoms. The summed E-state index contributed by atoms with van der Waals surface area (Å²) in [6, 6.07) is 5.03. The number of carbonyl (C=O) groups excluding carboxylic acids is 2. The van der Waals surface area contributed by atoms with Crippen LogP contribution >= 0.6 is 0 Å². The Morgan fingerprint density at radius 1 is 0.868 bits per heavy atom. The van der Waals surface area contributed by atoms with E-state index in [1.807, 2.05) is 0 Å². The molecule has 53 heavy (non-hydrogen) atoms. The number of nitrogens with two attached hydrogens (primary N) is 1. The summed E-state index contributed by atoms with van der Waals surface area (Å²) in [5, 5.41) is 17.8. The summed E-state index contributed by atoms with van der Waals surface area (Å²) in [6.07, 6.45) is 6.32. The minimum absolute atomic E-state index is 0.0543. The summed E-state index contributed by atoms with van der Waals surface area (Å²) >= 11 is 0. The zero-order valence-electron chi connectivity index (χ0n) is 29.3. The molecule has 0 radical (unpaired) electrons. The van der Waals surface area contributed by atoms with E-state index in [9.17, 15) is 24.3 Å². The first-order chi connectivity index (χ1) is 25.8. The molecule has 288 valence electrons. The van der Waals surface area contributed by atoms with Crippen LogP contribution in [0.15, 0.2) is 35.3 Å². The Hall–Kier alpha value is -5.23. The van der Waals surface area contributed by atoms with Crippen molar-refractivity contribution in [2.45, 2.75) is 25.4 Å². The van der Waals surface area contributed by atoms with Crippen LogP contribution in [0.25, 0.3) is 11.2 Å². The van der Waals surface area contributed by atoms with Crippen LogP contribution in [0.5, 0.6) is 0 Å². The highest BCUT2D eigenvalue weighted by molar-refractivity contribution is 5.97. The Balaban J connectivity index is 1.19. The number of benzene rings is 1. The average molecular weight is 743 g/mol. The largest absolute Gasteiger partial charge is 0.480 e. The molecule has 2 aromatic heterocycles. The maximum atomic E-state index is 12.7. The fourth-order valence-corrected chi connectivity index (χ4v) is 4.34. The first kappa shape index (κ1) is 42.2. The molecule has 1 aromatic carbocycles. The van der Waals surface area contributed by atoms with Crippen molar-refractivity contribution in [1.82, 2.24) is 30.6 Å². The number of H-pyrrole nitrogens is 1. The summed E-state index contributed by atoms with van der Waals surface area (Å²) in [4.78, 5) is 63.5. The first-order valence-electron chi connectivity index (χ1n) is 16.8. The van der Waals surface area contributed by atoms with Crippen LogP contribution in [0.1, 0.15) is 28.9 Å². The van der Waals surface area contributed by atoms with Crippen LogP contribution in [0.3, 0.4) is 0 Å². The summed E-state index contributed by atoms with van der Waals surface area (Å²) < 4.78 is 32.1. The number of aliphatic carboxylic acids is 1. The highest BCUT2D eigenvalue weighted by atomic mass is 16.6. The van der Waals surface area contributed by atoms with Gasteiger partial charge >= 0.3 is 5.97 Å². The monoisotopic (exact) mass is 742 g/mol. The standard InChI is InChI=1S/C34H46N8O11/c1-2-10-48-12-14-50-16-18-52-20-21-53-19-17-51-15-13-49-11-9-36-28(43)8-7-27(33(46)47)40-31(44)24-3-5-25(6-4-24)37-22-26-23-38-30-29(39-26)32(45)42-34(35)41-30/h1,3-6,23,27,37H,7-22H2,(H,36,43)(H,40,44)(H,46,47)(H3,35,38,41,42,45). The van der Waals surface area contributed by atoms with E-state index in [2.05, 4.69) is 41.8 Å². The summed E-state index contributed by atoms with van der Waals surface area (Å²) in [6.45, 7) is 5.18. The number of hydrogen-bond acceptors (Lipinski definition) is 15. The summed E-state index contributed by atoms with van der Waals surface area (Å²) in [5.41, 5.74) is 6.54. The van der Waals surface area contributed by atoms with E-state index >= 15 is 0 Å². The van der Waals surface area contributed by atoms with E-state index in [1.165, 1.54) is 18.3 Å². The number of nitrogens with zero attached hydrogens (tertiary/aromatic N) is 3. The maximum absolute atomic E-state index is 12.7. The molecule has 0 aliphatic carbocycles. The lowest BCUT2D eigenvalue weighted by molar-refractivity contribution is -0.139. The van der Waals surface area contributed by atoms with Crippen molar-refractivity contribution in [3.63, 3.8) is 0 Å². The highest BCUT2D eigenvalue weighted by Crippen LogP contribution is 2.12. The number of rotatable bonds is 28. The lowest BCUT2D eigenvalue weighted by atomic mass is 10.1. The molecule has 3 rings (SSSR count). The van der Waals surface area contributed by atoms with E-state index < -0.39 is 23.5 Å². The summed E-state index contributed by atoms with van der Waals surface area (Å²) in [5.74, 6) is 0.0769. The molecule has 0 saturated carbocycles. The van der Waals surface area contributed by atoms with Gasteiger partial charge in [-0.25, -0.2) is 14.8 Å². The number of carbonyl (C=O) groups is 3. The van der Waals surface area contributed by atoms with Crippen LogP contribution in [0.4, 0.5) is 11.6 Å². The second kappa shape index (κ2) is 24.9. The van der Waals surface area contributed by atoms with Crippen LogP contribution in [0, 0.1) is 12.3 Å². The lowest BCUT2D eigenvalue weighted by Crippen LogP contribution is -2.41. The van der Waals surface area contributed by atoms with Crippen LogP contribution in [0.2, 0.25) is 0 Å². The number of hydrogen-bond donors (Lipinski definition) is 6. The van der Waals surface area contributed by atoms with Gasteiger partial charge < -0.3 is 55.2 Å². The number of nitrogen functional groups attached to an aromatic ring is 1. The Bertz CT molecular complexity index is 1670. The Morgan fingerprint density at radius 3 is 2.04 bits per heavy atom. The molecule has 2 heterocycles. The van der Waals surface area contributed by atoms with E-state index in [4.69, 9.17) is 40.6 Å². The fourth-order valence-electron chi connectivity index (χ4n) is 4.34. The number of nitrogens with one attached hydrogen (secondary N) is 4. The lowest BCUT2D eigenvalue weighted by Gasteiger charge is -2.15. The van der Waals surface area contributed by atoms with Gasteiger partial charge in [-0.05, 0) is 30.7 Å². The van der Waals surface area contributed by atoms with Crippen molar-refractivity contribution in [2.75, 3.05) is 96.9 Å². The third-order valence-corrected chi connectivity index (χ3v) is 6.98. The molecule has 0 aliphatic heterocycles. The molecule has 19 nitrogen and oxygen atoms in total. The predicted octanol–water partition coefficient (Wildman–Crippen LogP) is -0.280. The van der Waals surface area contributed by atoms with Crippen molar-refractivity contribution in [2.24, 2.45) is 0 Å². The van der Waals surface area contributed by atoms with Gasteiger partial charge in [0.1, 0.15) is 12.6 Å². The number of amides is 2. The molecule has 7 N–H and O–H groups in total. The molecular weight excluding hydrogens is 696 g/mol. The van der Waals surface area contributed by atoms with Crippen LogP contribution in [-0.2, 0) is 44.6 Å². The number of carboxylic acids is 1. The number of ether oxygens (including phenoxy) is 6. The molecule has 19 heteroatoms. The second-order valence-corrected chi connectivity index (χ2v) is 11.0. The normalized spacial score (nSPS) is 11.5. The number of carboxylic acid groups (broad SMARTS) is 1. The molecule has 0 spiro atoms. The topological polar surface area (TPSA) is 260 Å². The number of aromatic amines is 1. The molecule has 0 saturated heterocycles. The smallest absolute Gasteiger partial charge is 0.326 e. The van der Waals surface area contributed by atoms with Gasteiger partial charge in [-0.1, -0.05) is 5.92 Å². The van der Waals surface area contributed by atoms with Gasteiger partial charge in [-0.15, -0.1) is 6.42 Å². The highest BCUT2D eigenvalue weighted by Gasteiger charge is 2.22. The zero-order valence-corrected chi connectivity index (χ0v) is 29.3. The van der Waals surface area contributed by atoms with E-state index in [0.717, 1.165) is 0 Å². The Labute approximate surface area is 305 Å². The van der Waals surface area contributed by atoms with Crippen molar-refractivity contribution in [3.05, 3.63) is 52.1 Å². The number of aromatic nitrogens is 4. The van der Waals surface area contributed by atoms with Crippen molar-refractivity contribution >= 4 is 40.6 Å². The van der Waals surface area contributed by atoms with Gasteiger partial charge in [0.25, 0.3) is 11.5 Å². The third kappa shape index (κ3) is 17.2. The number of terminal acetylenes is 1. The Morgan fingerprint density at radius 2 is 1.45 bits per heavy atom.